The minimum atomic E-state index is -3.91. The molecule has 33 heavy (non-hydrogen) atoms. The molecule has 170 valence electrons. The van der Waals surface area contributed by atoms with Crippen molar-refractivity contribution in [3.8, 4) is 0 Å². The van der Waals surface area contributed by atoms with E-state index in [4.69, 9.17) is 0 Å². The number of hydrogen-bond acceptors (Lipinski definition) is 5. The number of para-hydroxylation sites is 2. The van der Waals surface area contributed by atoms with Crippen LogP contribution in [0.1, 0.15) is 25.3 Å². The zero-order chi connectivity index (χ0) is 23.6. The number of benzene rings is 3. The molecule has 0 aliphatic carbocycles. The largest absolute Gasteiger partial charge is 0.325 e. The Hall–Kier alpha value is -2.62. The van der Waals surface area contributed by atoms with Gasteiger partial charge in [-0.3, -0.25) is 4.79 Å². The van der Waals surface area contributed by atoms with E-state index in [1.165, 1.54) is 21.7 Å². The average Bonchev–Trinajstić information content (AvgIpc) is 3.17. The average molecular weight is 544 g/mol. The van der Waals surface area contributed by atoms with Gasteiger partial charge in [0.05, 0.1) is 21.7 Å². The summed E-state index contributed by atoms with van der Waals surface area (Å²) in [5.41, 5.74) is 2.90. The van der Waals surface area contributed by atoms with E-state index in [1.54, 1.807) is 36.4 Å². The second-order valence-electron chi connectivity index (χ2n) is 7.72. The van der Waals surface area contributed by atoms with Crippen LogP contribution in [-0.4, -0.2) is 29.0 Å². The van der Waals surface area contributed by atoms with Crippen LogP contribution in [0.5, 0.6) is 0 Å². The van der Waals surface area contributed by atoms with Crippen molar-refractivity contribution >= 4 is 60.3 Å². The summed E-state index contributed by atoms with van der Waals surface area (Å²) in [6.45, 7) is 4.22. The van der Waals surface area contributed by atoms with Crippen LogP contribution in [0.25, 0.3) is 11.0 Å². The summed E-state index contributed by atoms with van der Waals surface area (Å²) in [6.07, 6.45) is 0. The number of nitrogens with zero attached hydrogens (tertiary/aromatic N) is 2. The van der Waals surface area contributed by atoms with E-state index < -0.39 is 10.0 Å². The number of halogens is 1. The van der Waals surface area contributed by atoms with Gasteiger partial charge < -0.3 is 5.32 Å². The first-order valence-electron chi connectivity index (χ1n) is 10.3. The van der Waals surface area contributed by atoms with Crippen molar-refractivity contribution in [3.63, 3.8) is 0 Å². The predicted octanol–water partition coefficient (Wildman–Crippen LogP) is 5.89. The Labute approximate surface area is 205 Å². The van der Waals surface area contributed by atoms with Crippen LogP contribution >= 0.6 is 27.7 Å². The molecule has 1 N–H and O–H groups in total. The molecule has 9 heteroatoms. The van der Waals surface area contributed by atoms with E-state index in [0.29, 0.717) is 22.6 Å². The van der Waals surface area contributed by atoms with Gasteiger partial charge in [0.25, 0.3) is 10.0 Å². The Bertz CT molecular complexity index is 1400. The maximum Gasteiger partial charge on any atom is 0.270 e. The topological polar surface area (TPSA) is 81.1 Å². The highest BCUT2D eigenvalue weighted by Crippen LogP contribution is 2.29. The predicted molar refractivity (Wildman–Crippen MR) is 136 cm³/mol. The van der Waals surface area contributed by atoms with Crippen LogP contribution in [-0.2, 0) is 14.8 Å². The lowest BCUT2D eigenvalue weighted by atomic mass is 10.0. The minimum Gasteiger partial charge on any atom is -0.325 e. The van der Waals surface area contributed by atoms with E-state index in [-0.39, 0.29) is 21.7 Å². The van der Waals surface area contributed by atoms with Gasteiger partial charge in [-0.05, 0) is 60.0 Å². The van der Waals surface area contributed by atoms with E-state index in [1.807, 2.05) is 24.3 Å². The molecule has 0 saturated carbocycles. The minimum absolute atomic E-state index is 0.0190. The number of hydrogen-bond donors (Lipinski definition) is 1. The Kier molecular flexibility index (Phi) is 6.92. The molecule has 6 nitrogen and oxygen atoms in total. The molecule has 0 saturated heterocycles. The number of rotatable bonds is 7. The zero-order valence-electron chi connectivity index (χ0n) is 18.0. The van der Waals surface area contributed by atoms with Gasteiger partial charge in [0.2, 0.25) is 5.91 Å². The van der Waals surface area contributed by atoms with Gasteiger partial charge in [0.1, 0.15) is 0 Å². The number of carbonyl (C=O) groups excluding carboxylic acids is 1. The van der Waals surface area contributed by atoms with E-state index in [9.17, 15) is 13.2 Å². The number of fused-ring (bicyclic) bond motifs is 1. The van der Waals surface area contributed by atoms with Gasteiger partial charge >= 0.3 is 0 Å². The fourth-order valence-electron chi connectivity index (χ4n) is 3.30. The molecule has 4 rings (SSSR count). The highest BCUT2D eigenvalue weighted by molar-refractivity contribution is 9.10. The lowest BCUT2D eigenvalue weighted by Gasteiger charge is -2.11. The summed E-state index contributed by atoms with van der Waals surface area (Å²) >= 11 is 4.42. The maximum atomic E-state index is 13.5. The molecule has 4 aromatic rings. The molecule has 0 fully saturated rings. The number of carbonyl (C=O) groups is 1. The van der Waals surface area contributed by atoms with Gasteiger partial charge in [-0.2, -0.15) is 0 Å². The molecule has 0 spiro atoms. The fraction of sp³-hybridized carbons (Fsp3) is 0.167. The summed E-state index contributed by atoms with van der Waals surface area (Å²) in [4.78, 5) is 17.2. The van der Waals surface area contributed by atoms with Crippen molar-refractivity contribution in [2.75, 3.05) is 11.1 Å². The van der Waals surface area contributed by atoms with Crippen molar-refractivity contribution in [3.05, 3.63) is 82.8 Å². The first kappa shape index (κ1) is 23.5. The van der Waals surface area contributed by atoms with E-state index in [2.05, 4.69) is 40.1 Å². The van der Waals surface area contributed by atoms with Gasteiger partial charge in [-0.15, -0.1) is 0 Å². The molecular formula is C24H22BrN3O3S2. The number of aromatic nitrogens is 2. The molecule has 0 atom stereocenters. The summed E-state index contributed by atoms with van der Waals surface area (Å²) < 4.78 is 28.9. The molecule has 1 amide bonds. The Morgan fingerprint density at radius 1 is 1.03 bits per heavy atom. The van der Waals surface area contributed by atoms with Crippen LogP contribution in [0, 0.1) is 0 Å². The molecule has 0 aliphatic heterocycles. The molecule has 1 heterocycles. The standard InChI is InChI=1S/C24H22BrN3O3S2/c1-16(2)17-7-11-19(12-8-17)26-23(29)15-32-24-27-21-5-3-4-6-22(21)28(24)33(30,31)20-13-9-18(25)10-14-20/h3-14,16H,15H2,1-2H3,(H,26,29). The monoisotopic (exact) mass is 543 g/mol. The van der Waals surface area contributed by atoms with Crippen molar-refractivity contribution in [2.24, 2.45) is 0 Å². The highest BCUT2D eigenvalue weighted by atomic mass is 79.9. The molecule has 1 aromatic heterocycles. The first-order valence-corrected chi connectivity index (χ1v) is 13.5. The smallest absolute Gasteiger partial charge is 0.270 e. The maximum absolute atomic E-state index is 13.5. The van der Waals surface area contributed by atoms with Crippen molar-refractivity contribution in [1.29, 1.82) is 0 Å². The Morgan fingerprint density at radius 2 is 1.70 bits per heavy atom. The molecular weight excluding hydrogens is 522 g/mol. The van der Waals surface area contributed by atoms with Crippen LogP contribution in [0.3, 0.4) is 0 Å². The van der Waals surface area contributed by atoms with Crippen LogP contribution < -0.4 is 5.32 Å². The second-order valence-corrected chi connectivity index (χ2v) is 11.4. The molecule has 0 bridgehead atoms. The molecule has 0 aliphatic rings. The number of imidazole rings is 1. The normalized spacial score (nSPS) is 11.8. The molecule has 0 unspecified atom stereocenters. The summed E-state index contributed by atoms with van der Waals surface area (Å²) in [5.74, 6) is 0.188. The first-order chi connectivity index (χ1) is 15.8. The highest BCUT2D eigenvalue weighted by Gasteiger charge is 2.25. The third-order valence-electron chi connectivity index (χ3n) is 5.04. The lowest BCUT2D eigenvalue weighted by molar-refractivity contribution is -0.113. The summed E-state index contributed by atoms with van der Waals surface area (Å²) in [5, 5.41) is 3.10. The van der Waals surface area contributed by atoms with Crippen molar-refractivity contribution in [1.82, 2.24) is 8.96 Å². The Morgan fingerprint density at radius 3 is 2.36 bits per heavy atom. The van der Waals surface area contributed by atoms with Gasteiger partial charge in [-0.25, -0.2) is 17.4 Å². The number of nitrogens with one attached hydrogen (secondary N) is 1. The Balaban J connectivity index is 1.59. The van der Waals surface area contributed by atoms with Gasteiger partial charge in [-0.1, -0.05) is 65.8 Å². The third-order valence-corrected chi connectivity index (χ3v) is 8.34. The van der Waals surface area contributed by atoms with Crippen LogP contribution in [0.4, 0.5) is 5.69 Å². The fourth-order valence-corrected chi connectivity index (χ4v) is 6.07. The quantitative estimate of drug-likeness (QED) is 0.294. The van der Waals surface area contributed by atoms with Crippen LogP contribution in [0.15, 0.2) is 87.3 Å². The number of thioether (sulfide) groups is 1. The molecule has 0 radical (unpaired) electrons. The number of anilines is 1. The van der Waals surface area contributed by atoms with E-state index >= 15 is 0 Å². The van der Waals surface area contributed by atoms with Crippen molar-refractivity contribution in [2.45, 2.75) is 29.8 Å². The van der Waals surface area contributed by atoms with Crippen LogP contribution in [0.2, 0.25) is 0 Å². The third kappa shape index (κ3) is 5.15. The summed E-state index contributed by atoms with van der Waals surface area (Å²) in [6, 6.07) is 21.2. The van der Waals surface area contributed by atoms with Crippen molar-refractivity contribution < 1.29 is 13.2 Å². The SMILES string of the molecule is CC(C)c1ccc(NC(=O)CSc2nc3ccccc3n2S(=O)(=O)c2ccc(Br)cc2)cc1. The van der Waals surface area contributed by atoms with E-state index in [0.717, 1.165) is 16.2 Å². The molecule has 3 aromatic carbocycles. The van der Waals surface area contributed by atoms with Gasteiger partial charge in [0, 0.05) is 10.2 Å². The lowest BCUT2D eigenvalue weighted by Crippen LogP contribution is -2.17. The number of amides is 1. The second kappa shape index (κ2) is 9.70. The van der Waals surface area contributed by atoms with Gasteiger partial charge in [0.15, 0.2) is 5.16 Å². The summed E-state index contributed by atoms with van der Waals surface area (Å²) in [7, 11) is -3.91. The zero-order valence-corrected chi connectivity index (χ0v) is 21.2.